The zero-order valence-electron chi connectivity index (χ0n) is 15.0. The van der Waals surface area contributed by atoms with E-state index in [1.54, 1.807) is 28.0 Å². The van der Waals surface area contributed by atoms with E-state index in [4.69, 9.17) is 0 Å². The molecule has 1 aromatic rings. The predicted molar refractivity (Wildman–Crippen MR) is 96.4 cm³/mol. The van der Waals surface area contributed by atoms with E-state index in [2.05, 4.69) is 4.98 Å². The Morgan fingerprint density at radius 1 is 1.19 bits per heavy atom. The first-order valence-corrected chi connectivity index (χ1v) is 10.5. The Morgan fingerprint density at radius 2 is 1.85 bits per heavy atom. The number of nitrogens with zero attached hydrogens (tertiary/aromatic N) is 4. The third-order valence-electron chi connectivity index (χ3n) is 5.09. The van der Waals surface area contributed by atoms with Crippen molar-refractivity contribution >= 4 is 21.7 Å². The minimum atomic E-state index is -3.30. The summed E-state index contributed by atoms with van der Waals surface area (Å²) in [5.41, 5.74) is 0.293. The predicted octanol–water partition coefficient (Wildman–Crippen LogP) is -0.517. The summed E-state index contributed by atoms with van der Waals surface area (Å²) in [5, 5.41) is 0. The van der Waals surface area contributed by atoms with Gasteiger partial charge in [-0.25, -0.2) is 8.42 Å². The first kappa shape index (κ1) is 18.8. The molecule has 26 heavy (non-hydrogen) atoms. The molecule has 3 rings (SSSR count). The number of aromatic nitrogens is 1. The molecule has 0 bridgehead atoms. The summed E-state index contributed by atoms with van der Waals surface area (Å²) in [6, 6.07) is 4.07. The molecule has 2 aliphatic heterocycles. The van der Waals surface area contributed by atoms with Crippen LogP contribution in [0.2, 0.25) is 0 Å². The van der Waals surface area contributed by atoms with Crippen molar-refractivity contribution in [3.8, 4) is 0 Å². The lowest BCUT2D eigenvalue weighted by Gasteiger charge is -2.44. The van der Waals surface area contributed by atoms with Crippen LogP contribution in [0.15, 0.2) is 24.4 Å². The smallest absolute Gasteiger partial charge is 0.272 e. The number of carbonyl (C=O) groups excluding carboxylic acids is 2. The van der Waals surface area contributed by atoms with Gasteiger partial charge in [-0.2, -0.15) is 0 Å². The van der Waals surface area contributed by atoms with Crippen LogP contribution in [-0.4, -0.2) is 96.7 Å². The maximum Gasteiger partial charge on any atom is 0.272 e. The topological polar surface area (TPSA) is 90.9 Å². The molecule has 0 unspecified atom stereocenters. The number of likely N-dealkylation sites (N-methyl/N-ethyl adjacent to an activating group) is 1. The average Bonchev–Trinajstić information content (AvgIpc) is 2.95. The van der Waals surface area contributed by atoms with Crippen molar-refractivity contribution < 1.29 is 18.0 Å². The second-order valence-corrected chi connectivity index (χ2v) is 9.00. The van der Waals surface area contributed by atoms with Crippen molar-refractivity contribution in [1.29, 1.82) is 0 Å². The van der Waals surface area contributed by atoms with Gasteiger partial charge in [-0.05, 0) is 25.7 Å². The van der Waals surface area contributed by atoms with Crippen molar-refractivity contribution in [2.45, 2.75) is 19.0 Å². The van der Waals surface area contributed by atoms with Gasteiger partial charge in [0.25, 0.3) is 5.91 Å². The van der Waals surface area contributed by atoms with E-state index in [-0.39, 0.29) is 29.9 Å². The summed E-state index contributed by atoms with van der Waals surface area (Å²) in [6.45, 7) is 3.59. The highest BCUT2D eigenvalue weighted by Gasteiger charge is 2.49. The van der Waals surface area contributed by atoms with E-state index in [1.807, 2.05) is 18.9 Å². The molecule has 0 N–H and O–H groups in total. The van der Waals surface area contributed by atoms with Gasteiger partial charge in [0.05, 0.1) is 30.1 Å². The SMILES string of the molecule is CCN(C)CC(=O)N1CCN(C(=O)c2ccccn2)[C@@H]2CS(=O)(=O)C[C@@H]21. The van der Waals surface area contributed by atoms with E-state index in [0.717, 1.165) is 6.54 Å². The highest BCUT2D eigenvalue weighted by Crippen LogP contribution is 2.28. The molecule has 142 valence electrons. The van der Waals surface area contributed by atoms with Crippen LogP contribution in [0.3, 0.4) is 0 Å². The van der Waals surface area contributed by atoms with Gasteiger partial charge in [-0.3, -0.25) is 19.5 Å². The van der Waals surface area contributed by atoms with Crippen LogP contribution >= 0.6 is 0 Å². The van der Waals surface area contributed by atoms with Crippen LogP contribution in [0.1, 0.15) is 17.4 Å². The lowest BCUT2D eigenvalue weighted by atomic mass is 10.0. The zero-order chi connectivity index (χ0) is 18.9. The number of pyridine rings is 1. The van der Waals surface area contributed by atoms with E-state index in [0.29, 0.717) is 18.8 Å². The lowest BCUT2D eigenvalue weighted by molar-refractivity contribution is -0.137. The molecule has 3 heterocycles. The Labute approximate surface area is 153 Å². The second-order valence-electron chi connectivity index (χ2n) is 6.84. The fraction of sp³-hybridized carbons (Fsp3) is 0.588. The molecule has 0 radical (unpaired) electrons. The van der Waals surface area contributed by atoms with Gasteiger partial charge >= 0.3 is 0 Å². The summed E-state index contributed by atoms with van der Waals surface area (Å²) in [5.74, 6) is -0.573. The number of amides is 2. The molecule has 0 saturated carbocycles. The van der Waals surface area contributed by atoms with Gasteiger partial charge in [-0.1, -0.05) is 13.0 Å². The average molecular weight is 380 g/mol. The van der Waals surface area contributed by atoms with Crippen LogP contribution in [0, 0.1) is 0 Å². The highest BCUT2D eigenvalue weighted by atomic mass is 32.2. The molecule has 2 amide bonds. The molecule has 0 spiro atoms. The molecule has 0 aromatic carbocycles. The third kappa shape index (κ3) is 3.73. The monoisotopic (exact) mass is 380 g/mol. The first-order valence-electron chi connectivity index (χ1n) is 8.73. The summed E-state index contributed by atoms with van der Waals surface area (Å²) in [6.07, 6.45) is 1.54. The zero-order valence-corrected chi connectivity index (χ0v) is 15.9. The van der Waals surface area contributed by atoms with Crippen molar-refractivity contribution in [2.24, 2.45) is 0 Å². The standard InChI is InChI=1S/C17H24N4O4S/c1-3-19(2)10-16(22)20-8-9-21(15-12-26(24,25)11-14(15)20)17(23)13-6-4-5-7-18-13/h4-7,14-15H,3,8-12H2,1-2H3/t14-,15+/m0/s1. The second kappa shape index (κ2) is 7.32. The van der Waals surface area contributed by atoms with Crippen LogP contribution in [-0.2, 0) is 14.6 Å². The molecule has 0 aliphatic carbocycles. The van der Waals surface area contributed by atoms with Gasteiger partial charge in [0.15, 0.2) is 9.84 Å². The largest absolute Gasteiger partial charge is 0.334 e. The first-order chi connectivity index (χ1) is 12.3. The number of hydrogen-bond acceptors (Lipinski definition) is 6. The van der Waals surface area contributed by atoms with Crippen LogP contribution in [0.5, 0.6) is 0 Å². The molecule has 9 heteroatoms. The van der Waals surface area contributed by atoms with Crippen molar-refractivity contribution in [3.63, 3.8) is 0 Å². The van der Waals surface area contributed by atoms with Crippen LogP contribution in [0.4, 0.5) is 0 Å². The summed E-state index contributed by atoms with van der Waals surface area (Å²) < 4.78 is 24.5. The van der Waals surface area contributed by atoms with Crippen molar-refractivity contribution in [1.82, 2.24) is 19.7 Å². The maximum absolute atomic E-state index is 12.8. The lowest BCUT2D eigenvalue weighted by Crippen LogP contribution is -2.63. The van der Waals surface area contributed by atoms with Crippen LogP contribution < -0.4 is 0 Å². The number of sulfone groups is 1. The summed E-state index contributed by atoms with van der Waals surface area (Å²) in [4.78, 5) is 34.6. The molecule has 8 nitrogen and oxygen atoms in total. The number of hydrogen-bond donors (Lipinski definition) is 0. The van der Waals surface area contributed by atoms with Gasteiger partial charge in [0.2, 0.25) is 5.91 Å². The number of piperazine rings is 1. The van der Waals surface area contributed by atoms with Gasteiger partial charge in [-0.15, -0.1) is 0 Å². The molecular formula is C17H24N4O4S. The van der Waals surface area contributed by atoms with Gasteiger partial charge in [0, 0.05) is 19.3 Å². The summed E-state index contributed by atoms with van der Waals surface area (Å²) in [7, 11) is -1.45. The Kier molecular flexibility index (Phi) is 5.29. The van der Waals surface area contributed by atoms with E-state index in [9.17, 15) is 18.0 Å². The minimum absolute atomic E-state index is 0.0913. The Bertz CT molecular complexity index is 783. The molecule has 1 aromatic heterocycles. The van der Waals surface area contributed by atoms with Crippen LogP contribution in [0.25, 0.3) is 0 Å². The third-order valence-corrected chi connectivity index (χ3v) is 6.79. The fourth-order valence-corrected chi connectivity index (χ4v) is 5.57. The summed E-state index contributed by atoms with van der Waals surface area (Å²) >= 11 is 0. The Hall–Kier alpha value is -2.00. The number of rotatable bonds is 4. The van der Waals surface area contributed by atoms with E-state index in [1.165, 1.54) is 6.20 Å². The quantitative estimate of drug-likeness (QED) is 0.698. The Morgan fingerprint density at radius 3 is 2.46 bits per heavy atom. The molecule has 2 aliphatic rings. The van der Waals surface area contributed by atoms with Gasteiger partial charge < -0.3 is 9.80 Å². The number of carbonyl (C=O) groups is 2. The highest BCUT2D eigenvalue weighted by molar-refractivity contribution is 7.91. The minimum Gasteiger partial charge on any atom is -0.334 e. The maximum atomic E-state index is 12.8. The number of fused-ring (bicyclic) bond motifs is 1. The fourth-order valence-electron chi connectivity index (χ4n) is 3.58. The molecular weight excluding hydrogens is 356 g/mol. The van der Waals surface area contributed by atoms with Crippen molar-refractivity contribution in [3.05, 3.63) is 30.1 Å². The normalized spacial score (nSPS) is 24.6. The molecule has 2 saturated heterocycles. The van der Waals surface area contributed by atoms with E-state index >= 15 is 0 Å². The molecule has 2 atom stereocenters. The van der Waals surface area contributed by atoms with Gasteiger partial charge in [0.1, 0.15) is 5.69 Å². The Balaban J connectivity index is 1.83. The van der Waals surface area contributed by atoms with Crippen molar-refractivity contribution in [2.75, 3.05) is 44.7 Å². The van der Waals surface area contributed by atoms with E-state index < -0.39 is 21.9 Å². The molecule has 2 fully saturated rings.